The predicted octanol–water partition coefficient (Wildman–Crippen LogP) is 6.26. The molecule has 1 aliphatic rings. The summed E-state index contributed by atoms with van der Waals surface area (Å²) in [5.41, 5.74) is 10.3. The molecular weight excluding hydrogens is 442 g/mol. The summed E-state index contributed by atoms with van der Waals surface area (Å²) in [6.45, 7) is 0. The lowest BCUT2D eigenvalue weighted by molar-refractivity contribution is 0.631. The van der Waals surface area contributed by atoms with Gasteiger partial charge in [-0.3, -0.25) is 0 Å². The zero-order valence-electron chi connectivity index (χ0n) is 18.1. The third-order valence-corrected chi connectivity index (χ3v) is 6.10. The molecule has 2 N–H and O–H groups in total. The molecule has 4 aromatic rings. The lowest BCUT2D eigenvalue weighted by Gasteiger charge is -2.11. The lowest BCUT2D eigenvalue weighted by Crippen LogP contribution is -2.00. The maximum absolute atomic E-state index is 14.7. The van der Waals surface area contributed by atoms with E-state index in [1.807, 2.05) is 6.07 Å². The van der Waals surface area contributed by atoms with Crippen LogP contribution in [0.3, 0.4) is 0 Å². The van der Waals surface area contributed by atoms with Crippen LogP contribution in [0.1, 0.15) is 22.3 Å². The Morgan fingerprint density at radius 3 is 1.37 bits per heavy atom. The van der Waals surface area contributed by atoms with Crippen LogP contribution in [0.15, 0.2) is 78.5 Å². The van der Waals surface area contributed by atoms with Crippen molar-refractivity contribution in [2.24, 2.45) is 5.73 Å². The fourth-order valence-electron chi connectivity index (χ4n) is 4.54. The summed E-state index contributed by atoms with van der Waals surface area (Å²) < 4.78 is 29.3. The molecule has 6 heteroatoms. The highest BCUT2D eigenvalue weighted by Gasteiger charge is 2.30. The Balaban J connectivity index is 1.89. The van der Waals surface area contributed by atoms with Crippen molar-refractivity contribution in [2.45, 2.75) is 0 Å². The summed E-state index contributed by atoms with van der Waals surface area (Å²) in [6, 6.07) is 24.9. The van der Waals surface area contributed by atoms with Crippen molar-refractivity contribution in [2.75, 3.05) is 0 Å². The molecule has 5 rings (SSSR count). The molecule has 0 aliphatic heterocycles. The summed E-state index contributed by atoms with van der Waals surface area (Å²) in [6.07, 6.45) is 0. The largest absolute Gasteiger partial charge is 0.390 e. The average molecular weight is 456 g/mol. The molecule has 0 heterocycles. The monoisotopic (exact) mass is 456 g/mol. The summed E-state index contributed by atoms with van der Waals surface area (Å²) in [5, 5.41) is 29.2. The Labute approximate surface area is 200 Å². The Bertz CT molecular complexity index is 1600. The van der Waals surface area contributed by atoms with Crippen molar-refractivity contribution < 1.29 is 8.78 Å². The Morgan fingerprint density at radius 1 is 0.571 bits per heavy atom. The van der Waals surface area contributed by atoms with E-state index < -0.39 is 11.6 Å². The van der Waals surface area contributed by atoms with E-state index in [2.05, 4.69) is 12.1 Å². The van der Waals surface area contributed by atoms with Gasteiger partial charge in [0.25, 0.3) is 0 Å². The SMILES string of the molecule is N#CC(N)=C1c2cc(C#N)c(-c3ccccc3F)cc2-c2cc(-c3ccccc3F)c(C#N)cc21. The lowest BCUT2D eigenvalue weighted by atomic mass is 9.91. The molecule has 0 atom stereocenters. The van der Waals surface area contributed by atoms with E-state index in [-0.39, 0.29) is 28.0 Å². The number of hydrogen-bond acceptors (Lipinski definition) is 4. The first-order valence-corrected chi connectivity index (χ1v) is 10.6. The molecule has 0 amide bonds. The molecule has 0 spiro atoms. The molecule has 1 aliphatic carbocycles. The van der Waals surface area contributed by atoms with Gasteiger partial charge >= 0.3 is 0 Å². The molecule has 0 saturated carbocycles. The fraction of sp³-hybridized carbons (Fsp3) is 0. The van der Waals surface area contributed by atoms with E-state index in [1.54, 1.807) is 60.7 Å². The van der Waals surface area contributed by atoms with Gasteiger partial charge in [0.1, 0.15) is 23.4 Å². The van der Waals surface area contributed by atoms with Gasteiger partial charge in [0.15, 0.2) is 0 Å². The van der Waals surface area contributed by atoms with Crippen LogP contribution in [0, 0.1) is 45.6 Å². The molecule has 4 aromatic carbocycles. The van der Waals surface area contributed by atoms with Gasteiger partial charge in [-0.05, 0) is 58.7 Å². The van der Waals surface area contributed by atoms with Crippen molar-refractivity contribution in [1.29, 1.82) is 15.8 Å². The van der Waals surface area contributed by atoms with Crippen LogP contribution in [0.5, 0.6) is 0 Å². The van der Waals surface area contributed by atoms with E-state index in [4.69, 9.17) is 5.73 Å². The second-order valence-electron chi connectivity index (χ2n) is 7.97. The zero-order valence-corrected chi connectivity index (χ0v) is 18.1. The first kappa shape index (κ1) is 21.6. The minimum Gasteiger partial charge on any atom is -0.390 e. The third-order valence-electron chi connectivity index (χ3n) is 6.10. The Morgan fingerprint density at radius 2 is 1.00 bits per heavy atom. The van der Waals surface area contributed by atoms with Crippen LogP contribution in [0.2, 0.25) is 0 Å². The quantitative estimate of drug-likeness (QED) is 0.317. The van der Waals surface area contributed by atoms with Crippen LogP contribution in [0.4, 0.5) is 8.78 Å². The van der Waals surface area contributed by atoms with Crippen molar-refractivity contribution in [3.63, 3.8) is 0 Å². The second kappa shape index (κ2) is 8.27. The van der Waals surface area contributed by atoms with E-state index in [0.29, 0.717) is 39.0 Å². The number of rotatable bonds is 2. The van der Waals surface area contributed by atoms with Crippen molar-refractivity contribution in [3.05, 3.63) is 112 Å². The zero-order chi connectivity index (χ0) is 24.7. The first-order valence-electron chi connectivity index (χ1n) is 10.6. The number of fused-ring (bicyclic) bond motifs is 3. The Kier molecular flexibility index (Phi) is 5.10. The van der Waals surface area contributed by atoms with Gasteiger partial charge in [0.05, 0.1) is 23.3 Å². The molecule has 4 nitrogen and oxygen atoms in total. The molecule has 164 valence electrons. The van der Waals surface area contributed by atoms with Gasteiger partial charge in [-0.1, -0.05) is 36.4 Å². The number of halogens is 2. The molecule has 0 unspecified atom stereocenters. The highest BCUT2D eigenvalue weighted by Crippen LogP contribution is 2.49. The van der Waals surface area contributed by atoms with E-state index in [9.17, 15) is 24.6 Å². The topological polar surface area (TPSA) is 97.4 Å². The molecule has 0 bridgehead atoms. The van der Waals surface area contributed by atoms with Gasteiger partial charge in [-0.25, -0.2) is 8.78 Å². The number of nitriles is 3. The summed E-state index contributed by atoms with van der Waals surface area (Å²) >= 11 is 0. The smallest absolute Gasteiger partial charge is 0.131 e. The van der Waals surface area contributed by atoms with E-state index in [1.165, 1.54) is 12.1 Å². The highest BCUT2D eigenvalue weighted by atomic mass is 19.1. The fourth-order valence-corrected chi connectivity index (χ4v) is 4.54. The van der Waals surface area contributed by atoms with Crippen LogP contribution < -0.4 is 5.73 Å². The van der Waals surface area contributed by atoms with Crippen LogP contribution in [-0.2, 0) is 0 Å². The molecule has 0 aromatic heterocycles. The summed E-state index contributed by atoms with van der Waals surface area (Å²) in [4.78, 5) is 0. The average Bonchev–Trinajstić information content (AvgIpc) is 3.19. The van der Waals surface area contributed by atoms with Crippen molar-refractivity contribution in [1.82, 2.24) is 0 Å². The van der Waals surface area contributed by atoms with Gasteiger partial charge in [0.2, 0.25) is 0 Å². The molecule has 35 heavy (non-hydrogen) atoms. The maximum Gasteiger partial charge on any atom is 0.131 e. The molecule has 0 radical (unpaired) electrons. The number of benzene rings is 4. The van der Waals surface area contributed by atoms with E-state index in [0.717, 1.165) is 0 Å². The molecular formula is C29H14F2N4. The van der Waals surface area contributed by atoms with Gasteiger partial charge < -0.3 is 5.73 Å². The number of nitrogens with zero attached hydrogens (tertiary/aromatic N) is 3. The van der Waals surface area contributed by atoms with Gasteiger partial charge in [-0.2, -0.15) is 15.8 Å². The summed E-state index contributed by atoms with van der Waals surface area (Å²) in [7, 11) is 0. The number of nitrogens with two attached hydrogens (primary N) is 1. The Hall–Kier alpha value is -5.25. The van der Waals surface area contributed by atoms with Gasteiger partial charge in [0, 0.05) is 27.8 Å². The second-order valence-corrected chi connectivity index (χ2v) is 7.97. The minimum atomic E-state index is -0.485. The summed E-state index contributed by atoms with van der Waals surface area (Å²) in [5.74, 6) is -0.970. The van der Waals surface area contributed by atoms with Crippen LogP contribution in [0.25, 0.3) is 39.0 Å². The predicted molar refractivity (Wildman–Crippen MR) is 128 cm³/mol. The number of allylic oxidation sites excluding steroid dienone is 1. The van der Waals surface area contributed by atoms with Crippen molar-refractivity contribution >= 4 is 5.57 Å². The molecule has 0 saturated heterocycles. The van der Waals surface area contributed by atoms with Crippen LogP contribution in [-0.4, -0.2) is 0 Å². The minimum absolute atomic E-state index is 0.0879. The third kappa shape index (κ3) is 3.32. The van der Waals surface area contributed by atoms with Crippen molar-refractivity contribution in [3.8, 4) is 51.6 Å². The van der Waals surface area contributed by atoms with Crippen LogP contribution >= 0.6 is 0 Å². The number of hydrogen-bond donors (Lipinski definition) is 1. The first-order chi connectivity index (χ1) is 17.0. The highest BCUT2D eigenvalue weighted by molar-refractivity contribution is 6.06. The molecule has 0 fully saturated rings. The standard InChI is InChI=1S/C29H14F2N4/c30-26-7-3-1-5-18(26)20-11-22-23-12-21(19-6-2-4-8-27(19)31)17(14-33)10-25(23)29(28(35)15-34)24(22)9-16(20)13-32/h1-12H,35H2. The van der Waals surface area contributed by atoms with E-state index >= 15 is 0 Å². The van der Waals surface area contributed by atoms with Gasteiger partial charge in [-0.15, -0.1) is 0 Å². The maximum atomic E-state index is 14.7. The normalized spacial score (nSPS) is 11.1.